The van der Waals surface area contributed by atoms with Crippen molar-refractivity contribution < 1.29 is 19.1 Å². The van der Waals surface area contributed by atoms with Gasteiger partial charge in [0, 0.05) is 36.7 Å². The Morgan fingerprint density at radius 3 is 2.62 bits per heavy atom. The van der Waals surface area contributed by atoms with Crippen molar-refractivity contribution in [2.24, 2.45) is 5.92 Å². The summed E-state index contributed by atoms with van der Waals surface area (Å²) in [6.45, 7) is 2.87. The van der Waals surface area contributed by atoms with Gasteiger partial charge in [0.1, 0.15) is 15.6 Å². The third-order valence-corrected chi connectivity index (χ3v) is 7.26. The Labute approximate surface area is 187 Å². The van der Waals surface area contributed by atoms with Gasteiger partial charge in [0.15, 0.2) is 5.78 Å². The highest BCUT2D eigenvalue weighted by Gasteiger charge is 2.33. The molecule has 9 heteroatoms. The predicted octanol–water partition coefficient (Wildman–Crippen LogP) is 3.93. The first-order valence-corrected chi connectivity index (χ1v) is 11.3. The summed E-state index contributed by atoms with van der Waals surface area (Å²) in [5.74, 6) is -0.157. The van der Waals surface area contributed by atoms with Crippen LogP contribution < -0.4 is 10.9 Å². The minimum Gasteiger partial charge on any atom is -0.465 e. The molecule has 2 N–H and O–H groups in total. The molecule has 2 fully saturated rings. The zero-order chi connectivity index (χ0) is 22.6. The lowest BCUT2D eigenvalue weighted by Gasteiger charge is -2.37. The Hall–Kier alpha value is -3.20. The molecule has 1 aliphatic carbocycles. The van der Waals surface area contributed by atoms with Crippen molar-refractivity contribution >= 4 is 38.4 Å². The van der Waals surface area contributed by atoms with Crippen LogP contribution in [0.2, 0.25) is 0 Å². The van der Waals surface area contributed by atoms with Crippen molar-refractivity contribution in [3.8, 4) is 0 Å². The van der Waals surface area contributed by atoms with Crippen LogP contribution in [0.4, 0.5) is 14.2 Å². The van der Waals surface area contributed by atoms with Crippen LogP contribution in [0.3, 0.4) is 0 Å². The molecule has 0 unspecified atom stereocenters. The molecule has 3 heterocycles. The average Bonchev–Trinajstić information content (AvgIpc) is 3.46. The molecule has 166 valence electrons. The van der Waals surface area contributed by atoms with Gasteiger partial charge in [-0.25, -0.2) is 9.18 Å². The fraction of sp³-hybridized carbons (Fsp3) is 0.348. The van der Waals surface area contributed by atoms with E-state index in [1.54, 1.807) is 17.6 Å². The Morgan fingerprint density at radius 2 is 1.97 bits per heavy atom. The number of benzene rings is 1. The van der Waals surface area contributed by atoms with E-state index in [0.717, 1.165) is 17.7 Å². The molecule has 1 aromatic carbocycles. The van der Waals surface area contributed by atoms with Crippen molar-refractivity contribution in [1.82, 2.24) is 9.47 Å². The molecule has 0 bridgehead atoms. The number of hydrogen-bond donors (Lipinski definition) is 2. The Balaban J connectivity index is 1.59. The lowest BCUT2D eigenvalue weighted by Crippen LogP contribution is -2.56. The number of halogens is 1. The molecule has 0 radical (unpaired) electrons. The van der Waals surface area contributed by atoms with E-state index in [1.807, 2.05) is 0 Å². The third-order valence-electron chi connectivity index (χ3n) is 6.10. The number of aromatic nitrogens is 1. The standard InChI is InChI=1S/C23H22FN3O4S/c1-12-8-14(4-6-17(12)24)20(29)19-16-5-7-18(28)27(9-13-2-3-13)22(16)32-21(19)25-15-10-26(11-15)23(30)31/h4-8,13,15,25H,2-3,9-11H2,1H3,(H,30,31). The summed E-state index contributed by atoms with van der Waals surface area (Å²) >= 11 is 1.34. The van der Waals surface area contributed by atoms with Crippen molar-refractivity contribution in [3.63, 3.8) is 0 Å². The number of carbonyl (C=O) groups is 2. The zero-order valence-corrected chi connectivity index (χ0v) is 18.2. The van der Waals surface area contributed by atoms with Gasteiger partial charge < -0.3 is 15.3 Å². The maximum atomic E-state index is 13.8. The number of nitrogens with one attached hydrogen (secondary N) is 1. The van der Waals surface area contributed by atoms with Crippen LogP contribution in [0, 0.1) is 18.7 Å². The predicted molar refractivity (Wildman–Crippen MR) is 120 cm³/mol. The smallest absolute Gasteiger partial charge is 0.407 e. The summed E-state index contributed by atoms with van der Waals surface area (Å²) in [6, 6.07) is 7.32. The third kappa shape index (κ3) is 3.66. The van der Waals surface area contributed by atoms with E-state index in [1.165, 1.54) is 40.5 Å². The highest BCUT2D eigenvalue weighted by atomic mass is 32.1. The number of pyridine rings is 1. The maximum Gasteiger partial charge on any atom is 0.407 e. The van der Waals surface area contributed by atoms with Gasteiger partial charge in [0.2, 0.25) is 0 Å². The molecular weight excluding hydrogens is 433 g/mol. The van der Waals surface area contributed by atoms with E-state index < -0.39 is 6.09 Å². The number of carboxylic acid groups (broad SMARTS) is 1. The largest absolute Gasteiger partial charge is 0.465 e. The van der Waals surface area contributed by atoms with Gasteiger partial charge in [-0.3, -0.25) is 14.2 Å². The lowest BCUT2D eigenvalue weighted by atomic mass is 10.00. The van der Waals surface area contributed by atoms with E-state index in [-0.39, 0.29) is 23.2 Å². The minimum atomic E-state index is -0.976. The van der Waals surface area contributed by atoms with Gasteiger partial charge in [-0.1, -0.05) is 11.3 Å². The van der Waals surface area contributed by atoms with Crippen LogP contribution >= 0.6 is 11.3 Å². The average molecular weight is 456 g/mol. The fourth-order valence-corrected chi connectivity index (χ4v) is 5.31. The van der Waals surface area contributed by atoms with Crippen molar-refractivity contribution in [3.05, 3.63) is 63.2 Å². The highest BCUT2D eigenvalue weighted by Crippen LogP contribution is 2.39. The number of thiophene rings is 1. The van der Waals surface area contributed by atoms with E-state index >= 15 is 0 Å². The summed E-state index contributed by atoms with van der Waals surface area (Å²) < 4.78 is 15.5. The first-order chi connectivity index (χ1) is 15.3. The number of aryl methyl sites for hydroxylation is 1. The van der Waals surface area contributed by atoms with Crippen molar-refractivity contribution in [2.45, 2.75) is 32.4 Å². The molecule has 2 aliphatic rings. The lowest BCUT2D eigenvalue weighted by molar-refractivity contribution is 0.103. The minimum absolute atomic E-state index is 0.102. The molecular formula is C23H22FN3O4S. The van der Waals surface area contributed by atoms with Gasteiger partial charge in [0.25, 0.3) is 5.56 Å². The molecule has 2 aromatic heterocycles. The second-order valence-electron chi connectivity index (χ2n) is 8.57. The highest BCUT2D eigenvalue weighted by molar-refractivity contribution is 7.23. The van der Waals surface area contributed by atoms with Gasteiger partial charge >= 0.3 is 6.09 Å². The van der Waals surface area contributed by atoms with Gasteiger partial charge in [-0.05, 0) is 55.5 Å². The SMILES string of the molecule is Cc1cc(C(=O)c2c(NC3CN(C(=O)O)C3)sc3c2ccc(=O)n3CC2CC2)ccc1F. The number of carbonyl (C=O) groups excluding carboxylic acids is 1. The Bertz CT molecular complexity index is 1300. The summed E-state index contributed by atoms with van der Waals surface area (Å²) in [5.41, 5.74) is 1.09. The van der Waals surface area contributed by atoms with E-state index in [2.05, 4.69) is 5.32 Å². The molecule has 1 saturated heterocycles. The second-order valence-corrected chi connectivity index (χ2v) is 9.57. The van der Waals surface area contributed by atoms with Crippen LogP contribution in [-0.2, 0) is 6.54 Å². The Kier molecular flexibility index (Phi) is 5.00. The first kappa shape index (κ1) is 20.7. The topological polar surface area (TPSA) is 91.6 Å². The van der Waals surface area contributed by atoms with Crippen LogP contribution in [-0.4, -0.2) is 45.6 Å². The fourth-order valence-electron chi connectivity index (χ4n) is 4.03. The molecule has 1 saturated carbocycles. The van der Waals surface area contributed by atoms with Crippen LogP contribution in [0.1, 0.15) is 34.3 Å². The van der Waals surface area contributed by atoms with E-state index in [0.29, 0.717) is 52.6 Å². The van der Waals surface area contributed by atoms with Crippen LogP contribution in [0.5, 0.6) is 0 Å². The van der Waals surface area contributed by atoms with Gasteiger partial charge in [0.05, 0.1) is 11.6 Å². The van der Waals surface area contributed by atoms with Gasteiger partial charge in [-0.15, -0.1) is 0 Å². The summed E-state index contributed by atoms with van der Waals surface area (Å²) in [5, 5.41) is 13.7. The van der Waals surface area contributed by atoms with Crippen molar-refractivity contribution in [1.29, 1.82) is 0 Å². The summed E-state index contributed by atoms with van der Waals surface area (Å²) in [4.78, 5) is 39.3. The molecule has 0 spiro atoms. The molecule has 1 amide bonds. The molecule has 0 atom stereocenters. The number of nitrogens with zero attached hydrogens (tertiary/aromatic N) is 2. The van der Waals surface area contributed by atoms with Crippen LogP contribution in [0.25, 0.3) is 10.2 Å². The molecule has 7 nitrogen and oxygen atoms in total. The summed E-state index contributed by atoms with van der Waals surface area (Å²) in [6.07, 6.45) is 1.20. The number of fused-ring (bicyclic) bond motifs is 1. The van der Waals surface area contributed by atoms with E-state index in [4.69, 9.17) is 5.11 Å². The molecule has 3 aromatic rings. The van der Waals surface area contributed by atoms with Crippen LogP contribution in [0.15, 0.2) is 35.1 Å². The van der Waals surface area contributed by atoms with Crippen molar-refractivity contribution in [2.75, 3.05) is 18.4 Å². The summed E-state index contributed by atoms with van der Waals surface area (Å²) in [7, 11) is 0. The second kappa shape index (κ2) is 7.74. The number of anilines is 1. The van der Waals surface area contributed by atoms with E-state index in [9.17, 15) is 18.8 Å². The molecule has 5 rings (SSSR count). The number of hydrogen-bond acceptors (Lipinski definition) is 5. The molecule has 32 heavy (non-hydrogen) atoms. The Morgan fingerprint density at radius 1 is 1.22 bits per heavy atom. The molecule has 1 aliphatic heterocycles. The number of likely N-dealkylation sites (tertiary alicyclic amines) is 1. The van der Waals surface area contributed by atoms with Gasteiger partial charge in [-0.2, -0.15) is 0 Å². The monoisotopic (exact) mass is 455 g/mol. The first-order valence-electron chi connectivity index (χ1n) is 10.5. The number of ketones is 1. The zero-order valence-electron chi connectivity index (χ0n) is 17.4. The number of rotatable bonds is 6. The maximum absolute atomic E-state index is 13.8. The quantitative estimate of drug-likeness (QED) is 0.550. The number of amides is 1. The normalized spacial score (nSPS) is 16.2.